The Morgan fingerprint density at radius 1 is 1.48 bits per heavy atom. The lowest BCUT2D eigenvalue weighted by molar-refractivity contribution is -0.141. The van der Waals surface area contributed by atoms with Gasteiger partial charge in [-0.15, -0.1) is 0 Å². The van der Waals surface area contributed by atoms with Crippen LogP contribution in [-0.4, -0.2) is 60.7 Å². The summed E-state index contributed by atoms with van der Waals surface area (Å²) in [5, 5.41) is 9.63. The Balaban J connectivity index is 2.13. The first-order valence-electron chi connectivity index (χ1n) is 8.80. The molecule has 29 heavy (non-hydrogen) atoms. The number of aromatic nitrogens is 2. The number of anilines is 1. The van der Waals surface area contributed by atoms with Crippen molar-refractivity contribution in [2.75, 3.05) is 38.7 Å². The van der Waals surface area contributed by atoms with Crippen LogP contribution in [0.3, 0.4) is 0 Å². The number of rotatable bonds is 3. The van der Waals surface area contributed by atoms with E-state index in [9.17, 15) is 23.2 Å². The Morgan fingerprint density at radius 3 is 2.76 bits per heavy atom. The van der Waals surface area contributed by atoms with Gasteiger partial charge < -0.3 is 19.5 Å². The first-order chi connectivity index (χ1) is 13.5. The quantitative estimate of drug-likeness (QED) is 0.810. The van der Waals surface area contributed by atoms with Gasteiger partial charge in [0.25, 0.3) is 0 Å². The molecular formula is C18H19ClF3N5O2. The highest BCUT2D eigenvalue weighted by molar-refractivity contribution is 6.36. The van der Waals surface area contributed by atoms with Crippen LogP contribution in [0.15, 0.2) is 0 Å². The lowest BCUT2D eigenvalue weighted by Gasteiger charge is -2.35. The number of morpholine rings is 1. The summed E-state index contributed by atoms with van der Waals surface area (Å²) in [6, 6.07) is 1.66. The molecule has 1 fully saturated rings. The molecule has 1 saturated heterocycles. The number of H-pyrrole nitrogens is 1. The molecule has 3 rings (SSSR count). The van der Waals surface area contributed by atoms with E-state index in [4.69, 9.17) is 16.3 Å². The molecule has 1 amide bonds. The van der Waals surface area contributed by atoms with E-state index in [0.717, 1.165) is 0 Å². The van der Waals surface area contributed by atoms with Crippen LogP contribution in [0.2, 0.25) is 5.02 Å². The normalized spacial score (nSPS) is 17.4. The SMILES string of the molecule is Cc1[nH]c2c(N3CCOC(CC(=O)N(C)C)C3)c(C#N)c(C(F)(F)F)nc2c1Cl. The molecule has 0 spiro atoms. The van der Waals surface area contributed by atoms with Gasteiger partial charge in [-0.05, 0) is 6.92 Å². The third-order valence-corrected chi connectivity index (χ3v) is 5.22. The van der Waals surface area contributed by atoms with Crippen LogP contribution in [0.1, 0.15) is 23.4 Å². The molecule has 1 atom stereocenters. The van der Waals surface area contributed by atoms with E-state index in [2.05, 4.69) is 9.97 Å². The predicted molar refractivity (Wildman–Crippen MR) is 101 cm³/mol. The number of ether oxygens (including phenoxy) is 1. The summed E-state index contributed by atoms with van der Waals surface area (Å²) in [4.78, 5) is 21.7. The zero-order chi connectivity index (χ0) is 21.5. The second kappa shape index (κ2) is 7.72. The molecular weight excluding hydrogens is 411 g/mol. The average Bonchev–Trinajstić information content (AvgIpc) is 2.93. The zero-order valence-corrected chi connectivity index (χ0v) is 16.8. The number of hydrogen-bond donors (Lipinski definition) is 1. The van der Waals surface area contributed by atoms with Crippen molar-refractivity contribution in [2.45, 2.75) is 25.6 Å². The Morgan fingerprint density at radius 2 is 2.17 bits per heavy atom. The first-order valence-corrected chi connectivity index (χ1v) is 9.18. The molecule has 0 saturated carbocycles. The number of halogens is 4. The van der Waals surface area contributed by atoms with E-state index < -0.39 is 23.5 Å². The molecule has 1 aliphatic heterocycles. The van der Waals surface area contributed by atoms with Crippen LogP contribution >= 0.6 is 11.6 Å². The van der Waals surface area contributed by atoms with E-state index in [0.29, 0.717) is 5.69 Å². The number of fused-ring (bicyclic) bond motifs is 1. The molecule has 0 bridgehead atoms. The summed E-state index contributed by atoms with van der Waals surface area (Å²) in [7, 11) is 3.23. The summed E-state index contributed by atoms with van der Waals surface area (Å²) in [5.74, 6) is -0.160. The van der Waals surface area contributed by atoms with Crippen molar-refractivity contribution in [3.8, 4) is 6.07 Å². The molecule has 1 N–H and O–H groups in total. The molecule has 0 radical (unpaired) electrons. The van der Waals surface area contributed by atoms with Crippen molar-refractivity contribution >= 4 is 34.2 Å². The summed E-state index contributed by atoms with van der Waals surface area (Å²) >= 11 is 6.17. The topological polar surface area (TPSA) is 85.2 Å². The van der Waals surface area contributed by atoms with Gasteiger partial charge in [0.05, 0.1) is 35.4 Å². The molecule has 7 nitrogen and oxygen atoms in total. The molecule has 2 aromatic rings. The van der Waals surface area contributed by atoms with E-state index in [1.165, 1.54) is 4.90 Å². The van der Waals surface area contributed by atoms with Gasteiger partial charge in [0, 0.05) is 32.9 Å². The predicted octanol–water partition coefficient (Wildman–Crippen LogP) is 3.10. The van der Waals surface area contributed by atoms with Crippen LogP contribution in [0, 0.1) is 18.3 Å². The lowest BCUT2D eigenvalue weighted by atomic mass is 10.1. The van der Waals surface area contributed by atoms with Crippen molar-refractivity contribution in [2.24, 2.45) is 0 Å². The highest BCUT2D eigenvalue weighted by Gasteiger charge is 2.40. The van der Waals surface area contributed by atoms with E-state index >= 15 is 0 Å². The second-order valence-electron chi connectivity index (χ2n) is 7.01. The molecule has 1 unspecified atom stereocenters. The number of hydrogen-bond acceptors (Lipinski definition) is 5. The van der Waals surface area contributed by atoms with Crippen LogP contribution in [0.5, 0.6) is 0 Å². The molecule has 1 aliphatic rings. The lowest BCUT2D eigenvalue weighted by Crippen LogP contribution is -2.45. The Kier molecular flexibility index (Phi) is 5.65. The number of carbonyl (C=O) groups excluding carboxylic acids is 1. The third kappa shape index (κ3) is 3.97. The third-order valence-electron chi connectivity index (χ3n) is 4.76. The summed E-state index contributed by atoms with van der Waals surface area (Å²) in [6.07, 6.45) is -5.26. The van der Waals surface area contributed by atoms with E-state index in [-0.39, 0.29) is 53.8 Å². The Labute approximate surface area is 170 Å². The number of alkyl halides is 3. The zero-order valence-electron chi connectivity index (χ0n) is 16.0. The Bertz CT molecular complexity index is 996. The largest absolute Gasteiger partial charge is 0.434 e. The monoisotopic (exact) mass is 429 g/mol. The molecule has 11 heteroatoms. The van der Waals surface area contributed by atoms with Gasteiger partial charge in [0.1, 0.15) is 17.1 Å². The van der Waals surface area contributed by atoms with Crippen molar-refractivity contribution < 1.29 is 22.7 Å². The van der Waals surface area contributed by atoms with E-state index in [1.54, 1.807) is 32.0 Å². The van der Waals surface area contributed by atoms with E-state index in [1.807, 2.05) is 0 Å². The maximum Gasteiger partial charge on any atom is 0.434 e. The van der Waals surface area contributed by atoms with Crippen LogP contribution in [-0.2, 0) is 15.7 Å². The minimum absolute atomic E-state index is 0.0436. The van der Waals surface area contributed by atoms with Gasteiger partial charge in [-0.1, -0.05) is 11.6 Å². The average molecular weight is 430 g/mol. The van der Waals surface area contributed by atoms with Crippen LogP contribution in [0.25, 0.3) is 11.0 Å². The second-order valence-corrected chi connectivity index (χ2v) is 7.39. The molecule has 0 aliphatic carbocycles. The fourth-order valence-corrected chi connectivity index (χ4v) is 3.50. The maximum atomic E-state index is 13.6. The molecule has 3 heterocycles. The van der Waals surface area contributed by atoms with Gasteiger partial charge in [0.15, 0.2) is 5.69 Å². The van der Waals surface area contributed by atoms with Gasteiger partial charge in [-0.2, -0.15) is 18.4 Å². The molecule has 2 aromatic heterocycles. The van der Waals surface area contributed by atoms with Gasteiger partial charge in [0.2, 0.25) is 5.91 Å². The fourth-order valence-electron chi connectivity index (χ4n) is 3.32. The molecule has 156 valence electrons. The summed E-state index contributed by atoms with van der Waals surface area (Å²) < 4.78 is 46.5. The van der Waals surface area contributed by atoms with Crippen molar-refractivity contribution in [1.82, 2.24) is 14.9 Å². The first kappa shape index (κ1) is 21.2. The minimum Gasteiger partial charge on any atom is -0.374 e. The van der Waals surface area contributed by atoms with Crippen molar-refractivity contribution in [3.05, 3.63) is 22.0 Å². The number of nitrogens with one attached hydrogen (secondary N) is 1. The smallest absolute Gasteiger partial charge is 0.374 e. The number of aromatic amines is 1. The summed E-state index contributed by atoms with van der Waals surface area (Å²) in [6.45, 7) is 2.23. The maximum absolute atomic E-state index is 13.6. The Hall–Kier alpha value is -2.51. The highest BCUT2D eigenvalue weighted by atomic mass is 35.5. The number of pyridine rings is 1. The van der Waals surface area contributed by atoms with Gasteiger partial charge >= 0.3 is 6.18 Å². The number of aryl methyl sites for hydroxylation is 1. The molecule has 0 aromatic carbocycles. The number of nitriles is 1. The highest BCUT2D eigenvalue weighted by Crippen LogP contribution is 2.41. The van der Waals surface area contributed by atoms with Crippen molar-refractivity contribution in [3.63, 3.8) is 0 Å². The van der Waals surface area contributed by atoms with Crippen molar-refractivity contribution in [1.29, 1.82) is 5.26 Å². The van der Waals surface area contributed by atoms with Gasteiger partial charge in [-0.25, -0.2) is 4.98 Å². The van der Waals surface area contributed by atoms with Crippen LogP contribution in [0.4, 0.5) is 18.9 Å². The summed E-state index contributed by atoms with van der Waals surface area (Å²) in [5.41, 5.74) is -1.12. The number of amides is 1. The fraction of sp³-hybridized carbons (Fsp3) is 0.500. The minimum atomic E-state index is -4.82. The standard InChI is InChI=1S/C18H19ClF3N5O2/c1-9-13(19)14-15(24-9)16(11(7-23)17(25-14)18(20,21)22)27-4-5-29-10(8-27)6-12(28)26(2)3/h10,24H,4-6,8H2,1-3H3. The number of carbonyl (C=O) groups is 1. The van der Waals surface area contributed by atoms with Crippen LogP contribution < -0.4 is 4.90 Å². The number of nitrogens with zero attached hydrogens (tertiary/aromatic N) is 4. The van der Waals surface area contributed by atoms with Gasteiger partial charge in [-0.3, -0.25) is 4.79 Å².